The van der Waals surface area contributed by atoms with Gasteiger partial charge in [-0.1, -0.05) is 23.2 Å². The Morgan fingerprint density at radius 3 is 2.55 bits per heavy atom. The predicted octanol–water partition coefficient (Wildman–Crippen LogP) is 3.19. The highest BCUT2D eigenvalue weighted by atomic mass is 35.5. The largest absolute Gasteiger partial charge is 0.489 e. The lowest BCUT2D eigenvalue weighted by Gasteiger charge is -2.40. The average Bonchev–Trinajstić information content (AvgIpc) is 2.89. The predicted molar refractivity (Wildman–Crippen MR) is 124 cm³/mol. The molecule has 0 radical (unpaired) electrons. The molecular formula is C22H30Cl2N4O5. The molecular weight excluding hydrogens is 471 g/mol. The molecule has 2 saturated heterocycles. The first-order valence-electron chi connectivity index (χ1n) is 11.1. The van der Waals surface area contributed by atoms with Crippen molar-refractivity contribution in [3.05, 3.63) is 15.7 Å². The number of amides is 2. The first kappa shape index (κ1) is 24.2. The number of aliphatic hydroxyl groups excluding tert-OH is 1. The fourth-order valence-electron chi connectivity index (χ4n) is 4.56. The normalized spacial score (nSPS) is 24.7. The number of carbonyl (C=O) groups is 2. The molecule has 4 rings (SSSR count). The van der Waals surface area contributed by atoms with E-state index in [1.165, 1.54) is 0 Å². The van der Waals surface area contributed by atoms with E-state index in [1.54, 1.807) is 9.80 Å². The summed E-state index contributed by atoms with van der Waals surface area (Å²) in [6.07, 6.45) is -0.473. The van der Waals surface area contributed by atoms with Gasteiger partial charge in [0.1, 0.15) is 28.6 Å². The van der Waals surface area contributed by atoms with Crippen molar-refractivity contribution in [1.29, 1.82) is 0 Å². The van der Waals surface area contributed by atoms with Crippen LogP contribution in [0.3, 0.4) is 0 Å². The molecule has 0 bridgehead atoms. The van der Waals surface area contributed by atoms with Crippen LogP contribution in [0, 0.1) is 0 Å². The maximum atomic E-state index is 13.8. The number of fused-ring (bicyclic) bond motifs is 2. The number of aromatic nitrogens is 1. The molecule has 3 aliphatic heterocycles. The molecule has 0 spiro atoms. The molecule has 2 amide bonds. The van der Waals surface area contributed by atoms with E-state index in [0.717, 1.165) is 0 Å². The van der Waals surface area contributed by atoms with Gasteiger partial charge in [0.2, 0.25) is 0 Å². The molecule has 3 aliphatic rings. The molecule has 1 N–H and O–H groups in total. The lowest BCUT2D eigenvalue weighted by atomic mass is 9.98. The van der Waals surface area contributed by atoms with Gasteiger partial charge in [-0.25, -0.2) is 9.78 Å². The van der Waals surface area contributed by atoms with Crippen LogP contribution in [0.15, 0.2) is 0 Å². The number of carbonyl (C=O) groups excluding carboxylic acids is 2. The van der Waals surface area contributed by atoms with Crippen molar-refractivity contribution >= 4 is 41.0 Å². The Balaban J connectivity index is 1.68. The van der Waals surface area contributed by atoms with Crippen molar-refractivity contribution in [1.82, 2.24) is 14.8 Å². The lowest BCUT2D eigenvalue weighted by Crippen LogP contribution is -2.58. The Morgan fingerprint density at radius 1 is 1.24 bits per heavy atom. The van der Waals surface area contributed by atoms with Crippen molar-refractivity contribution in [2.75, 3.05) is 37.7 Å². The first-order chi connectivity index (χ1) is 15.3. The summed E-state index contributed by atoms with van der Waals surface area (Å²) in [4.78, 5) is 36.0. The third-order valence-electron chi connectivity index (χ3n) is 6.46. The minimum atomic E-state index is -0.653. The van der Waals surface area contributed by atoms with E-state index in [4.69, 9.17) is 32.7 Å². The molecule has 182 valence electrons. The van der Waals surface area contributed by atoms with Gasteiger partial charge in [0.25, 0.3) is 5.91 Å². The standard InChI is InChI=1S/C22H30Cl2N4O5/c1-21(2,3)33-20(31)26-8-9-27-12(10-26)11-32-16-14(19(27)30)18(25-17(24)15(16)23)28-7-6-13(29)22(28,4)5/h12-13,29H,6-11H2,1-5H3/t12-,13?/m1/s1. The maximum absolute atomic E-state index is 13.8. The van der Waals surface area contributed by atoms with E-state index in [-0.39, 0.29) is 46.6 Å². The number of aliphatic hydroxyl groups is 1. The lowest BCUT2D eigenvalue weighted by molar-refractivity contribution is 0.000952. The van der Waals surface area contributed by atoms with Gasteiger partial charge >= 0.3 is 6.09 Å². The highest BCUT2D eigenvalue weighted by Crippen LogP contribution is 2.45. The Bertz CT molecular complexity index is 981. The first-order valence-corrected chi connectivity index (χ1v) is 11.8. The zero-order valence-electron chi connectivity index (χ0n) is 19.5. The third-order valence-corrected chi connectivity index (χ3v) is 7.18. The van der Waals surface area contributed by atoms with Crippen molar-refractivity contribution in [2.45, 2.75) is 64.3 Å². The van der Waals surface area contributed by atoms with E-state index in [0.29, 0.717) is 31.9 Å². The maximum Gasteiger partial charge on any atom is 0.410 e. The zero-order chi connectivity index (χ0) is 24.3. The molecule has 2 atom stereocenters. The van der Waals surface area contributed by atoms with Gasteiger partial charge in [-0.15, -0.1) is 0 Å². The molecule has 1 unspecified atom stereocenters. The van der Waals surface area contributed by atoms with Crippen molar-refractivity contribution < 1.29 is 24.2 Å². The van der Waals surface area contributed by atoms with Gasteiger partial charge in [-0.3, -0.25) is 4.79 Å². The number of pyridine rings is 1. The minimum Gasteiger partial charge on any atom is -0.489 e. The Labute approximate surface area is 203 Å². The van der Waals surface area contributed by atoms with Crippen LogP contribution in [-0.2, 0) is 4.74 Å². The average molecular weight is 501 g/mol. The number of rotatable bonds is 1. The highest BCUT2D eigenvalue weighted by molar-refractivity contribution is 6.42. The summed E-state index contributed by atoms with van der Waals surface area (Å²) in [5, 5.41) is 10.6. The number of piperazine rings is 1. The second-order valence-electron chi connectivity index (χ2n) is 10.2. The van der Waals surface area contributed by atoms with Crippen LogP contribution in [0.25, 0.3) is 0 Å². The van der Waals surface area contributed by atoms with E-state index in [9.17, 15) is 14.7 Å². The molecule has 33 heavy (non-hydrogen) atoms. The van der Waals surface area contributed by atoms with E-state index < -0.39 is 23.3 Å². The minimum absolute atomic E-state index is 0.0330. The smallest absolute Gasteiger partial charge is 0.410 e. The van der Waals surface area contributed by atoms with Gasteiger partial charge in [0.15, 0.2) is 10.9 Å². The van der Waals surface area contributed by atoms with Crippen molar-refractivity contribution in [3.8, 4) is 5.75 Å². The van der Waals surface area contributed by atoms with Crippen molar-refractivity contribution in [2.24, 2.45) is 0 Å². The monoisotopic (exact) mass is 500 g/mol. The quantitative estimate of drug-likeness (QED) is 0.591. The van der Waals surface area contributed by atoms with E-state index in [2.05, 4.69) is 4.98 Å². The van der Waals surface area contributed by atoms with Gasteiger partial charge < -0.3 is 29.3 Å². The Hall–Kier alpha value is -1.97. The van der Waals surface area contributed by atoms with Gasteiger partial charge in [0.05, 0.1) is 17.7 Å². The SMILES string of the molecule is CC(C)(C)OC(=O)N1CCN2C(=O)c3c(N4CCC(O)C4(C)C)nc(Cl)c(Cl)c3OC[C@H]2C1. The number of hydrogen-bond donors (Lipinski definition) is 1. The fourth-order valence-corrected chi connectivity index (χ4v) is 4.92. The van der Waals surface area contributed by atoms with Crippen LogP contribution in [-0.4, -0.2) is 88.0 Å². The van der Waals surface area contributed by atoms with Crippen LogP contribution in [0.4, 0.5) is 10.6 Å². The second kappa shape index (κ2) is 8.36. The van der Waals surface area contributed by atoms with Crippen LogP contribution < -0.4 is 9.64 Å². The summed E-state index contributed by atoms with van der Waals surface area (Å²) < 4.78 is 11.5. The molecule has 0 aromatic carbocycles. The summed E-state index contributed by atoms with van der Waals surface area (Å²) in [6.45, 7) is 10.8. The van der Waals surface area contributed by atoms with Crippen LogP contribution >= 0.6 is 23.2 Å². The topological polar surface area (TPSA) is 95.4 Å². The zero-order valence-corrected chi connectivity index (χ0v) is 21.0. The molecule has 0 aliphatic carbocycles. The van der Waals surface area contributed by atoms with Gasteiger partial charge in [-0.05, 0) is 41.0 Å². The number of anilines is 1. The summed E-state index contributed by atoms with van der Waals surface area (Å²) in [6, 6.07) is -0.383. The van der Waals surface area contributed by atoms with Crippen LogP contribution in [0.5, 0.6) is 5.75 Å². The van der Waals surface area contributed by atoms with Gasteiger partial charge in [-0.2, -0.15) is 0 Å². The molecule has 4 heterocycles. The summed E-state index contributed by atoms with van der Waals surface area (Å²) in [5.74, 6) is 0.253. The number of ether oxygens (including phenoxy) is 2. The number of hydrogen-bond acceptors (Lipinski definition) is 7. The summed E-state index contributed by atoms with van der Waals surface area (Å²) in [5.41, 5.74) is -1.03. The van der Waals surface area contributed by atoms with Crippen LogP contribution in [0.1, 0.15) is 51.4 Å². The molecule has 0 saturated carbocycles. The molecule has 11 heteroatoms. The number of halogens is 2. The highest BCUT2D eigenvalue weighted by Gasteiger charge is 2.46. The summed E-state index contributed by atoms with van der Waals surface area (Å²) in [7, 11) is 0. The second-order valence-corrected chi connectivity index (χ2v) is 11.0. The van der Waals surface area contributed by atoms with E-state index >= 15 is 0 Å². The van der Waals surface area contributed by atoms with Crippen molar-refractivity contribution in [3.63, 3.8) is 0 Å². The third kappa shape index (κ3) is 4.31. The summed E-state index contributed by atoms with van der Waals surface area (Å²) >= 11 is 12.8. The fraction of sp³-hybridized carbons (Fsp3) is 0.682. The Morgan fingerprint density at radius 2 is 1.94 bits per heavy atom. The molecule has 1 aromatic rings. The Kier molecular flexibility index (Phi) is 6.12. The molecule has 1 aromatic heterocycles. The van der Waals surface area contributed by atoms with E-state index in [1.807, 2.05) is 39.5 Å². The van der Waals surface area contributed by atoms with Crippen LogP contribution in [0.2, 0.25) is 10.2 Å². The molecule has 2 fully saturated rings. The number of nitrogens with zero attached hydrogens (tertiary/aromatic N) is 4. The van der Waals surface area contributed by atoms with Gasteiger partial charge in [0, 0.05) is 26.2 Å². The molecule has 9 nitrogen and oxygen atoms in total.